The number of rotatable bonds is 4. The fourth-order valence-corrected chi connectivity index (χ4v) is 2.40. The van der Waals surface area contributed by atoms with E-state index in [-0.39, 0.29) is 5.91 Å². The van der Waals surface area contributed by atoms with Crippen molar-refractivity contribution in [1.82, 2.24) is 9.97 Å². The highest BCUT2D eigenvalue weighted by Gasteiger charge is 2.11. The lowest BCUT2D eigenvalue weighted by Crippen LogP contribution is -2.12. The van der Waals surface area contributed by atoms with Crippen LogP contribution >= 0.6 is 0 Å². The summed E-state index contributed by atoms with van der Waals surface area (Å²) in [7, 11) is 0. The summed E-state index contributed by atoms with van der Waals surface area (Å²) in [5.74, 6) is 0.324. The Labute approximate surface area is 140 Å². The van der Waals surface area contributed by atoms with E-state index in [1.165, 1.54) is 6.92 Å². The third-order valence-corrected chi connectivity index (χ3v) is 3.56. The lowest BCUT2D eigenvalue weighted by molar-refractivity contribution is -0.114. The molecule has 0 aliphatic heterocycles. The summed E-state index contributed by atoms with van der Waals surface area (Å²) in [4.78, 5) is 20.5. The third-order valence-electron chi connectivity index (χ3n) is 3.56. The summed E-state index contributed by atoms with van der Waals surface area (Å²) in [6, 6.07) is 17.4. The van der Waals surface area contributed by atoms with Crippen LogP contribution in [0.25, 0.3) is 11.3 Å². The number of anilines is 2. The molecule has 2 aromatic carbocycles. The fraction of sp³-hybridized carbons (Fsp3) is 0.105. The van der Waals surface area contributed by atoms with Crippen LogP contribution < -0.4 is 11.1 Å². The second-order valence-corrected chi connectivity index (χ2v) is 5.52. The van der Waals surface area contributed by atoms with Crippen molar-refractivity contribution in [2.45, 2.75) is 13.3 Å². The molecule has 0 fully saturated rings. The summed E-state index contributed by atoms with van der Waals surface area (Å²) in [5, 5.41) is 2.75. The summed E-state index contributed by atoms with van der Waals surface area (Å²) in [6.07, 6.45) is 2.25. The molecule has 3 rings (SSSR count). The molecule has 3 N–H and O–H groups in total. The first-order valence-corrected chi connectivity index (χ1v) is 7.65. The molecule has 0 saturated carbocycles. The van der Waals surface area contributed by atoms with E-state index in [0.29, 0.717) is 17.9 Å². The molecule has 0 spiro atoms. The highest BCUT2D eigenvalue weighted by molar-refractivity contribution is 5.88. The Balaban J connectivity index is 1.99. The number of nitrogens with zero attached hydrogens (tertiary/aromatic N) is 2. The van der Waals surface area contributed by atoms with Crippen LogP contribution in [0.4, 0.5) is 11.5 Å². The Morgan fingerprint density at radius 3 is 2.46 bits per heavy atom. The van der Waals surface area contributed by atoms with Crippen molar-refractivity contribution in [3.63, 3.8) is 0 Å². The fourth-order valence-electron chi connectivity index (χ4n) is 2.40. The number of aromatic nitrogens is 2. The Kier molecular flexibility index (Phi) is 4.52. The predicted molar refractivity (Wildman–Crippen MR) is 95.4 cm³/mol. The van der Waals surface area contributed by atoms with Gasteiger partial charge in [0.15, 0.2) is 5.82 Å². The summed E-state index contributed by atoms with van der Waals surface area (Å²) in [5.41, 5.74) is 9.94. The van der Waals surface area contributed by atoms with Crippen molar-refractivity contribution in [2.24, 2.45) is 0 Å². The van der Waals surface area contributed by atoms with E-state index in [1.807, 2.05) is 54.6 Å². The Hall–Kier alpha value is -3.21. The van der Waals surface area contributed by atoms with Crippen LogP contribution in [0, 0.1) is 0 Å². The molecule has 0 unspecified atom stereocenters. The highest BCUT2D eigenvalue weighted by Crippen LogP contribution is 2.22. The van der Waals surface area contributed by atoms with Crippen LogP contribution in [-0.2, 0) is 11.2 Å². The molecule has 5 nitrogen and oxygen atoms in total. The molecule has 0 saturated heterocycles. The maximum Gasteiger partial charge on any atom is 0.222 e. The van der Waals surface area contributed by atoms with Gasteiger partial charge in [0.1, 0.15) is 0 Å². The predicted octanol–water partition coefficient (Wildman–Crippen LogP) is 3.28. The second-order valence-electron chi connectivity index (χ2n) is 5.52. The van der Waals surface area contributed by atoms with Crippen molar-refractivity contribution in [3.8, 4) is 11.3 Å². The molecular formula is C19H18N4O. The molecule has 3 aromatic rings. The van der Waals surface area contributed by atoms with Gasteiger partial charge in [-0.15, -0.1) is 0 Å². The van der Waals surface area contributed by atoms with Crippen LogP contribution in [0.1, 0.15) is 18.2 Å². The van der Waals surface area contributed by atoms with E-state index in [1.54, 1.807) is 6.20 Å². The van der Waals surface area contributed by atoms with Crippen molar-refractivity contribution in [2.75, 3.05) is 11.1 Å². The molecule has 1 aromatic heterocycles. The van der Waals surface area contributed by atoms with E-state index in [4.69, 9.17) is 10.7 Å². The van der Waals surface area contributed by atoms with Crippen molar-refractivity contribution < 1.29 is 4.79 Å². The topological polar surface area (TPSA) is 80.9 Å². The van der Waals surface area contributed by atoms with Gasteiger partial charge in [-0.1, -0.05) is 42.5 Å². The number of nitrogen functional groups attached to an aromatic ring is 1. The van der Waals surface area contributed by atoms with E-state index in [0.717, 1.165) is 22.5 Å². The van der Waals surface area contributed by atoms with Crippen LogP contribution in [0.2, 0.25) is 0 Å². The number of benzene rings is 2. The summed E-state index contributed by atoms with van der Waals surface area (Å²) < 4.78 is 0. The Bertz CT molecular complexity index is 845. The molecule has 1 amide bonds. The van der Waals surface area contributed by atoms with Gasteiger partial charge in [-0.05, 0) is 17.7 Å². The molecule has 0 bridgehead atoms. The minimum Gasteiger partial charge on any atom is -0.399 e. The lowest BCUT2D eigenvalue weighted by atomic mass is 10.1. The van der Waals surface area contributed by atoms with Crippen molar-refractivity contribution in [3.05, 3.63) is 72.1 Å². The zero-order valence-electron chi connectivity index (χ0n) is 13.4. The van der Waals surface area contributed by atoms with Crippen LogP contribution in [-0.4, -0.2) is 15.9 Å². The Morgan fingerprint density at radius 2 is 1.79 bits per heavy atom. The molecule has 120 valence electrons. The normalized spacial score (nSPS) is 10.4. The van der Waals surface area contributed by atoms with Crippen molar-refractivity contribution >= 4 is 17.4 Å². The average Bonchev–Trinajstić information content (AvgIpc) is 2.58. The van der Waals surface area contributed by atoms with E-state index in [2.05, 4.69) is 10.3 Å². The largest absolute Gasteiger partial charge is 0.399 e. The molecular weight excluding hydrogens is 300 g/mol. The van der Waals surface area contributed by atoms with Gasteiger partial charge < -0.3 is 11.1 Å². The molecule has 5 heteroatoms. The number of nitrogens with one attached hydrogen (secondary N) is 1. The lowest BCUT2D eigenvalue weighted by Gasteiger charge is -2.11. The quantitative estimate of drug-likeness (QED) is 0.723. The van der Waals surface area contributed by atoms with Gasteiger partial charge in [0, 0.05) is 24.6 Å². The SMILES string of the molecule is CC(=O)Nc1ncc(-c2ccc(N)cc2)nc1Cc1ccccc1. The number of carbonyl (C=O) groups excluding carboxylic acids is 1. The van der Waals surface area contributed by atoms with E-state index in [9.17, 15) is 4.79 Å². The van der Waals surface area contributed by atoms with Gasteiger partial charge in [-0.2, -0.15) is 0 Å². The monoisotopic (exact) mass is 318 g/mol. The van der Waals surface area contributed by atoms with E-state index >= 15 is 0 Å². The molecule has 0 radical (unpaired) electrons. The average molecular weight is 318 g/mol. The smallest absolute Gasteiger partial charge is 0.222 e. The molecule has 0 aliphatic rings. The number of carbonyl (C=O) groups is 1. The van der Waals surface area contributed by atoms with Gasteiger partial charge in [0.05, 0.1) is 17.6 Å². The maximum atomic E-state index is 11.4. The maximum absolute atomic E-state index is 11.4. The van der Waals surface area contributed by atoms with Crippen LogP contribution in [0.3, 0.4) is 0 Å². The van der Waals surface area contributed by atoms with E-state index < -0.39 is 0 Å². The van der Waals surface area contributed by atoms with Gasteiger partial charge in [0.2, 0.25) is 5.91 Å². The second kappa shape index (κ2) is 6.91. The van der Waals surface area contributed by atoms with Gasteiger partial charge in [-0.3, -0.25) is 4.79 Å². The molecule has 1 heterocycles. The third kappa shape index (κ3) is 3.76. The first-order valence-electron chi connectivity index (χ1n) is 7.65. The van der Waals surface area contributed by atoms with Gasteiger partial charge in [0.25, 0.3) is 0 Å². The molecule has 0 atom stereocenters. The number of hydrogen-bond donors (Lipinski definition) is 2. The van der Waals surface area contributed by atoms with Crippen LogP contribution in [0.15, 0.2) is 60.8 Å². The standard InChI is InChI=1S/C19H18N4O/c1-13(24)22-19-17(11-14-5-3-2-4-6-14)23-18(12-21-19)15-7-9-16(20)10-8-15/h2-10,12H,11,20H2,1H3,(H,21,22,24). The van der Waals surface area contributed by atoms with Gasteiger partial charge >= 0.3 is 0 Å². The minimum atomic E-state index is -0.168. The Morgan fingerprint density at radius 1 is 1.08 bits per heavy atom. The molecule has 24 heavy (non-hydrogen) atoms. The van der Waals surface area contributed by atoms with Crippen molar-refractivity contribution in [1.29, 1.82) is 0 Å². The summed E-state index contributed by atoms with van der Waals surface area (Å²) >= 11 is 0. The first-order chi connectivity index (χ1) is 11.6. The number of nitrogens with two attached hydrogens (primary N) is 1. The zero-order chi connectivity index (χ0) is 16.9. The highest BCUT2D eigenvalue weighted by atomic mass is 16.1. The first kappa shape index (κ1) is 15.7. The molecule has 0 aliphatic carbocycles. The number of hydrogen-bond acceptors (Lipinski definition) is 4. The van der Waals surface area contributed by atoms with Gasteiger partial charge in [-0.25, -0.2) is 9.97 Å². The minimum absolute atomic E-state index is 0.168. The number of amides is 1. The van der Waals surface area contributed by atoms with Crippen LogP contribution in [0.5, 0.6) is 0 Å². The zero-order valence-corrected chi connectivity index (χ0v) is 13.4. The summed E-state index contributed by atoms with van der Waals surface area (Å²) in [6.45, 7) is 1.46.